The van der Waals surface area contributed by atoms with Gasteiger partial charge in [0.25, 0.3) is 0 Å². The molecule has 0 radical (unpaired) electrons. The Balaban J connectivity index is 0.00000280. The number of nitrogens with one attached hydrogen (secondary N) is 2. The van der Waals surface area contributed by atoms with Gasteiger partial charge in [0.1, 0.15) is 0 Å². The molecule has 0 aromatic heterocycles. The molecule has 0 atom stereocenters. The lowest BCUT2D eigenvalue weighted by atomic mass is 9.95. The molecular weight excluding hydrogens is 400 g/mol. The maximum atomic E-state index is 12.9. The molecule has 2 aliphatic rings. The van der Waals surface area contributed by atoms with E-state index in [0.29, 0.717) is 44.3 Å². The summed E-state index contributed by atoms with van der Waals surface area (Å²) in [4.78, 5) is 12.9. The highest BCUT2D eigenvalue weighted by Gasteiger charge is 2.48. The minimum atomic E-state index is -3.52. The van der Waals surface area contributed by atoms with Crippen molar-refractivity contribution in [1.29, 1.82) is 0 Å². The SMILES string of the molecule is CS(=O)(=O)C1(C(=O)Nc2cccc(COC3CCCCC3)c2)CCNCC1.Cl. The number of anilines is 1. The average molecular weight is 431 g/mol. The monoisotopic (exact) mass is 430 g/mol. The smallest absolute Gasteiger partial charge is 0.245 e. The van der Waals surface area contributed by atoms with Crippen molar-refractivity contribution in [2.45, 2.75) is 62.4 Å². The third-order valence-electron chi connectivity index (χ3n) is 5.76. The van der Waals surface area contributed by atoms with E-state index >= 15 is 0 Å². The van der Waals surface area contributed by atoms with Crippen LogP contribution in [0.2, 0.25) is 0 Å². The van der Waals surface area contributed by atoms with E-state index in [1.807, 2.05) is 18.2 Å². The van der Waals surface area contributed by atoms with Crippen molar-refractivity contribution in [2.75, 3.05) is 24.7 Å². The highest BCUT2D eigenvalue weighted by Crippen LogP contribution is 2.30. The molecule has 0 unspecified atom stereocenters. The summed E-state index contributed by atoms with van der Waals surface area (Å²) in [7, 11) is -3.52. The number of carbonyl (C=O) groups is 1. The number of halogens is 1. The molecule has 0 spiro atoms. The predicted molar refractivity (Wildman–Crippen MR) is 114 cm³/mol. The van der Waals surface area contributed by atoms with Crippen LogP contribution >= 0.6 is 12.4 Å². The summed E-state index contributed by atoms with van der Waals surface area (Å²) in [5, 5.41) is 5.96. The zero-order valence-corrected chi connectivity index (χ0v) is 18.0. The van der Waals surface area contributed by atoms with Crippen LogP contribution in [-0.2, 0) is 26.0 Å². The number of benzene rings is 1. The Morgan fingerprint density at radius 3 is 2.54 bits per heavy atom. The lowest BCUT2D eigenvalue weighted by Crippen LogP contribution is -2.55. The summed E-state index contributed by atoms with van der Waals surface area (Å²) in [6, 6.07) is 7.50. The summed E-state index contributed by atoms with van der Waals surface area (Å²) in [6.45, 7) is 1.56. The highest BCUT2D eigenvalue weighted by molar-refractivity contribution is 7.92. The minimum Gasteiger partial charge on any atom is -0.374 e. The van der Waals surface area contributed by atoms with E-state index in [2.05, 4.69) is 10.6 Å². The van der Waals surface area contributed by atoms with Crippen LogP contribution in [-0.4, -0.2) is 44.5 Å². The number of rotatable bonds is 6. The molecule has 28 heavy (non-hydrogen) atoms. The van der Waals surface area contributed by atoms with Gasteiger partial charge in [-0.05, 0) is 56.5 Å². The van der Waals surface area contributed by atoms with Crippen molar-refractivity contribution in [3.8, 4) is 0 Å². The van der Waals surface area contributed by atoms with Gasteiger partial charge >= 0.3 is 0 Å². The van der Waals surface area contributed by atoms with Crippen molar-refractivity contribution < 1.29 is 17.9 Å². The number of carbonyl (C=O) groups excluding carboxylic acids is 1. The molecule has 2 fully saturated rings. The summed E-state index contributed by atoms with van der Waals surface area (Å²) in [5.41, 5.74) is 1.60. The molecule has 1 amide bonds. The summed E-state index contributed by atoms with van der Waals surface area (Å²) in [5.74, 6) is -0.433. The maximum absolute atomic E-state index is 12.9. The number of piperidine rings is 1. The van der Waals surface area contributed by atoms with Crippen molar-refractivity contribution in [1.82, 2.24) is 5.32 Å². The fraction of sp³-hybridized carbons (Fsp3) is 0.650. The van der Waals surface area contributed by atoms with E-state index in [1.165, 1.54) is 19.3 Å². The first-order chi connectivity index (χ1) is 12.9. The van der Waals surface area contributed by atoms with Crippen molar-refractivity contribution >= 4 is 33.8 Å². The minimum absolute atomic E-state index is 0. The zero-order chi connectivity index (χ0) is 19.3. The molecule has 1 aromatic carbocycles. The van der Waals surface area contributed by atoms with Crippen LogP contribution in [0.25, 0.3) is 0 Å². The molecule has 1 saturated carbocycles. The normalized spacial score (nSPS) is 20.2. The third-order valence-corrected chi connectivity index (χ3v) is 7.77. The Hall–Kier alpha value is -1.15. The van der Waals surface area contributed by atoms with Gasteiger partial charge in [0.05, 0.1) is 12.7 Å². The first-order valence-electron chi connectivity index (χ1n) is 9.83. The van der Waals surface area contributed by atoms with Gasteiger partial charge in [0.2, 0.25) is 5.91 Å². The van der Waals surface area contributed by atoms with Crippen molar-refractivity contribution in [2.24, 2.45) is 0 Å². The molecule has 8 heteroatoms. The van der Waals surface area contributed by atoms with E-state index in [-0.39, 0.29) is 12.4 Å². The Kier molecular flexibility index (Phi) is 8.30. The molecule has 158 valence electrons. The maximum Gasteiger partial charge on any atom is 0.245 e. The largest absolute Gasteiger partial charge is 0.374 e. The van der Waals surface area contributed by atoms with E-state index < -0.39 is 20.5 Å². The fourth-order valence-corrected chi connectivity index (χ4v) is 5.36. The second kappa shape index (κ2) is 10.1. The van der Waals surface area contributed by atoms with E-state index in [4.69, 9.17) is 4.74 Å². The first kappa shape index (κ1) is 23.1. The Labute approximate surface area is 174 Å². The number of sulfone groups is 1. The molecule has 1 saturated heterocycles. The number of hydrogen-bond donors (Lipinski definition) is 2. The molecule has 6 nitrogen and oxygen atoms in total. The summed E-state index contributed by atoms with van der Waals surface area (Å²) in [6.07, 6.45) is 8.03. The van der Waals surface area contributed by atoms with E-state index in [0.717, 1.165) is 24.7 Å². The van der Waals surface area contributed by atoms with Gasteiger partial charge in [-0.3, -0.25) is 4.79 Å². The standard InChI is InChI=1S/C20H30N2O4S.ClH/c1-27(24,25)20(10-12-21-13-11-20)19(23)22-17-7-5-6-16(14-17)15-26-18-8-3-2-4-9-18;/h5-7,14,18,21H,2-4,8-13,15H2,1H3,(H,22,23);1H. The van der Waals surface area contributed by atoms with Crippen molar-refractivity contribution in [3.63, 3.8) is 0 Å². The second-order valence-electron chi connectivity index (χ2n) is 7.74. The van der Waals surface area contributed by atoms with Crippen molar-refractivity contribution in [3.05, 3.63) is 29.8 Å². The Bertz CT molecular complexity index is 757. The highest BCUT2D eigenvalue weighted by atomic mass is 35.5. The summed E-state index contributed by atoms with van der Waals surface area (Å²) < 4.78 is 29.4. The molecule has 3 rings (SSSR count). The lowest BCUT2D eigenvalue weighted by Gasteiger charge is -2.34. The zero-order valence-electron chi connectivity index (χ0n) is 16.4. The van der Waals surface area contributed by atoms with E-state index in [1.54, 1.807) is 6.07 Å². The first-order valence-corrected chi connectivity index (χ1v) is 11.7. The quantitative estimate of drug-likeness (QED) is 0.724. The molecule has 1 aromatic rings. The van der Waals surface area contributed by atoms with Gasteiger partial charge in [-0.2, -0.15) is 0 Å². The fourth-order valence-electron chi connectivity index (χ4n) is 4.03. The van der Waals surface area contributed by atoms with Gasteiger partial charge in [-0.25, -0.2) is 8.42 Å². The molecule has 2 N–H and O–H groups in total. The van der Waals surface area contributed by atoms with E-state index in [9.17, 15) is 13.2 Å². The third kappa shape index (κ3) is 5.47. The van der Waals surface area contributed by atoms with Gasteiger partial charge in [0, 0.05) is 11.9 Å². The second-order valence-corrected chi connectivity index (χ2v) is 10.1. The van der Waals surface area contributed by atoms with Crippen LogP contribution in [0, 0.1) is 0 Å². The van der Waals surface area contributed by atoms with Crippen LogP contribution < -0.4 is 10.6 Å². The molecule has 0 bridgehead atoms. The summed E-state index contributed by atoms with van der Waals surface area (Å²) >= 11 is 0. The van der Waals surface area contributed by atoms with Gasteiger partial charge in [0.15, 0.2) is 14.6 Å². The molecule has 1 aliphatic carbocycles. The average Bonchev–Trinajstić information content (AvgIpc) is 2.67. The topological polar surface area (TPSA) is 84.5 Å². The molecule has 1 heterocycles. The van der Waals surface area contributed by atoms with Gasteiger partial charge in [-0.1, -0.05) is 31.4 Å². The molecular formula is C20H31ClN2O4S. The Morgan fingerprint density at radius 2 is 1.89 bits per heavy atom. The van der Waals surface area contributed by atoms with Gasteiger partial charge < -0.3 is 15.4 Å². The number of amides is 1. The van der Waals surface area contributed by atoms with Crippen LogP contribution in [0.4, 0.5) is 5.69 Å². The van der Waals surface area contributed by atoms with Gasteiger partial charge in [-0.15, -0.1) is 12.4 Å². The number of hydrogen-bond acceptors (Lipinski definition) is 5. The number of ether oxygens (including phenoxy) is 1. The van der Waals surface area contributed by atoms with Crippen LogP contribution in [0.5, 0.6) is 0 Å². The van der Waals surface area contributed by atoms with Crippen LogP contribution in [0.15, 0.2) is 24.3 Å². The lowest BCUT2D eigenvalue weighted by molar-refractivity contribution is -0.119. The molecule has 1 aliphatic heterocycles. The van der Waals surface area contributed by atoms with Crippen LogP contribution in [0.3, 0.4) is 0 Å². The Morgan fingerprint density at radius 1 is 1.21 bits per heavy atom. The van der Waals surface area contributed by atoms with Crippen LogP contribution in [0.1, 0.15) is 50.5 Å². The predicted octanol–water partition coefficient (Wildman–Crippen LogP) is 3.06.